The molecule has 0 aromatic rings. The van der Waals surface area contributed by atoms with E-state index < -0.39 is 20.7 Å². The fourth-order valence-corrected chi connectivity index (χ4v) is 94.8. The molecule has 17 heavy (non-hydrogen) atoms. The molecule has 0 aromatic carbocycles. The van der Waals surface area contributed by atoms with Crippen LogP contribution >= 0.6 is 0 Å². The summed E-state index contributed by atoms with van der Waals surface area (Å²) in [7, 11) is -2.46. The Kier molecular flexibility index (Phi) is 0.206. The first-order valence-corrected chi connectivity index (χ1v) is 13.0. The van der Waals surface area contributed by atoms with E-state index in [1.165, 1.54) is 0 Å². The van der Waals surface area contributed by atoms with E-state index in [0.29, 0.717) is 9.63 Å². The van der Waals surface area contributed by atoms with Crippen LogP contribution < -0.4 is 0 Å². The Labute approximate surface area is 88.0 Å². The van der Waals surface area contributed by atoms with Gasteiger partial charge in [0.05, 0.1) is 0 Å². The van der Waals surface area contributed by atoms with Gasteiger partial charge in [-0.1, -0.05) is 0 Å². The van der Waals surface area contributed by atoms with Gasteiger partial charge in [-0.25, -0.2) is 0 Å². The standard InChI is InChI=1S/C5H7B2O4.C5H5.Fe/c8-6(9)4-2-1-3-5(4)7(10)11;1-2-4-5-3-1;/h1-3,8-11H;1-5H;. The summed E-state index contributed by atoms with van der Waals surface area (Å²) in [5, 5.41) is 40.5. The monoisotopic (exact) mass is 274 g/mol. The van der Waals surface area contributed by atoms with E-state index in [1.54, 1.807) is 0 Å². The van der Waals surface area contributed by atoms with Crippen molar-refractivity contribution in [1.82, 2.24) is 0 Å². The van der Waals surface area contributed by atoms with Crippen molar-refractivity contribution < 1.29 is 26.6 Å². The van der Waals surface area contributed by atoms with E-state index in [4.69, 9.17) is 0 Å². The first kappa shape index (κ1) is 6.78. The summed E-state index contributed by atoms with van der Waals surface area (Å²) < 4.78 is -0.555. The van der Waals surface area contributed by atoms with E-state index in [1.807, 2.05) is 0 Å². The van der Waals surface area contributed by atoms with Gasteiger partial charge in [-0.3, -0.25) is 0 Å². The maximum absolute atomic E-state index is 10.1. The Morgan fingerprint density at radius 3 is 1.12 bits per heavy atom. The summed E-state index contributed by atoms with van der Waals surface area (Å²) in [5.41, 5.74) is 0. The molecule has 0 radical (unpaired) electrons. The number of hydrogen-bond donors (Lipinski definition) is 4. The molecule has 4 atom stereocenters. The second-order valence-corrected chi connectivity index (χ2v) is 33.9. The van der Waals surface area contributed by atoms with Crippen LogP contribution in [0.3, 0.4) is 0 Å². The van der Waals surface area contributed by atoms with Gasteiger partial charge in [0.25, 0.3) is 0 Å². The number of fused-ring (bicyclic) bond motifs is 10. The maximum atomic E-state index is 10.1. The Morgan fingerprint density at radius 1 is 0.647 bits per heavy atom. The quantitative estimate of drug-likeness (QED) is 0.540. The van der Waals surface area contributed by atoms with Crippen LogP contribution in [-0.2, 0) is 6.51 Å². The topological polar surface area (TPSA) is 80.9 Å². The van der Waals surface area contributed by atoms with Gasteiger partial charge >= 0.3 is 87.8 Å². The van der Waals surface area contributed by atoms with Gasteiger partial charge in [0, 0.05) is 0 Å². The molecule has 0 saturated carbocycles. The first-order chi connectivity index (χ1) is 7.82. The Hall–Kier alpha value is 0.489. The predicted octanol–water partition coefficient (Wildman–Crippen LogP) is 0.140. The summed E-state index contributed by atoms with van der Waals surface area (Å²) in [5.74, 6) is 0. The van der Waals surface area contributed by atoms with Crippen molar-refractivity contribution in [2.45, 2.75) is 47.0 Å². The average molecular weight is 274 g/mol. The molecule has 10 heterocycles. The van der Waals surface area contributed by atoms with Gasteiger partial charge in [-0.15, -0.1) is 0 Å². The van der Waals surface area contributed by atoms with Gasteiger partial charge < -0.3 is 0 Å². The first-order valence-electron chi connectivity index (χ1n) is 6.76. The van der Waals surface area contributed by atoms with Crippen LogP contribution in [-0.4, -0.2) is 34.3 Å². The van der Waals surface area contributed by atoms with Crippen molar-refractivity contribution in [1.29, 1.82) is 0 Å². The Morgan fingerprint density at radius 2 is 1.00 bits per heavy atom. The third kappa shape index (κ3) is 0.0604. The SMILES string of the molecule is OB(O)[C]12[CH]3[CH]4[CH]5[C]1(B(O)O)[Fe]43521678[CH]2[CH]1[CH]6[CH]7[CH]28. The minimum absolute atomic E-state index is 0.278. The van der Waals surface area contributed by atoms with E-state index >= 15 is 0 Å². The zero-order valence-electron chi connectivity index (χ0n) is 8.92. The van der Waals surface area contributed by atoms with Crippen LogP contribution in [0.2, 0.25) is 47.0 Å². The number of rotatable bonds is 2. The fourth-order valence-electron chi connectivity index (χ4n) is 18.4. The van der Waals surface area contributed by atoms with E-state index in [-0.39, 0.29) is 8.43 Å². The van der Waals surface area contributed by atoms with E-state index in [9.17, 15) is 20.1 Å². The zero-order chi connectivity index (χ0) is 11.1. The third-order valence-corrected chi connectivity index (χ3v) is 59.1. The van der Waals surface area contributed by atoms with Gasteiger partial charge in [-0.05, 0) is 0 Å². The summed E-state index contributed by atoms with van der Waals surface area (Å²) in [6.45, 7) is -3.90. The molecule has 10 saturated heterocycles. The van der Waals surface area contributed by atoms with Crippen LogP contribution in [0.1, 0.15) is 0 Å². The third-order valence-electron chi connectivity index (χ3n) is 15.9. The molecular formula is C10H12B2FeO4. The Balaban J connectivity index is 1.75. The molecule has 0 aromatic heterocycles. The van der Waals surface area contributed by atoms with Gasteiger partial charge in [0.2, 0.25) is 0 Å². The van der Waals surface area contributed by atoms with Gasteiger partial charge in [0.15, 0.2) is 0 Å². The molecular weight excluding hydrogens is 262 g/mol. The van der Waals surface area contributed by atoms with Crippen molar-refractivity contribution >= 4 is 14.2 Å². The molecule has 4 nitrogen and oxygen atoms in total. The van der Waals surface area contributed by atoms with Crippen LogP contribution in [0.4, 0.5) is 0 Å². The second-order valence-electron chi connectivity index (χ2n) is 10.6. The molecule has 4 unspecified atom stereocenters. The van der Waals surface area contributed by atoms with Crippen molar-refractivity contribution in [3.05, 3.63) is 0 Å². The molecule has 4 N–H and O–H groups in total. The van der Waals surface area contributed by atoms with Crippen molar-refractivity contribution in [3.63, 3.8) is 0 Å². The Bertz CT molecular complexity index is 920. The molecule has 1 spiro atoms. The molecule has 10 aliphatic rings. The molecule has 0 amide bonds. The molecule has 0 bridgehead atoms. The molecule has 10 rings (SSSR count). The summed E-state index contributed by atoms with van der Waals surface area (Å²) in [6.07, 6.45) is 0. The van der Waals surface area contributed by atoms with Gasteiger partial charge in [0.1, 0.15) is 0 Å². The predicted molar refractivity (Wildman–Crippen MR) is 55.8 cm³/mol. The second kappa shape index (κ2) is 0.517. The molecule has 7 heteroatoms. The zero-order valence-corrected chi connectivity index (χ0v) is 10.0. The van der Waals surface area contributed by atoms with Crippen LogP contribution in [0, 0.1) is 0 Å². The summed E-state index contributed by atoms with van der Waals surface area (Å²) >= 11 is 0. The molecule has 10 fully saturated rings. The molecule has 0 aliphatic carbocycles. The summed E-state index contributed by atoms with van der Waals surface area (Å²) in [4.78, 5) is 6.51. The fraction of sp³-hybridized carbons (Fsp3) is 1.00. The molecule has 10 aliphatic heterocycles. The van der Waals surface area contributed by atoms with Crippen molar-refractivity contribution in [2.24, 2.45) is 0 Å². The van der Waals surface area contributed by atoms with Gasteiger partial charge in [-0.2, -0.15) is 0 Å². The average Bonchev–Trinajstić information content (AvgIpc) is 3.22. The normalized spacial score (nSPS) is 123. The van der Waals surface area contributed by atoms with Crippen molar-refractivity contribution in [2.75, 3.05) is 0 Å². The minimum atomic E-state index is -3.90. The van der Waals surface area contributed by atoms with Crippen LogP contribution in [0.25, 0.3) is 0 Å². The molecule has 90 valence electrons. The summed E-state index contributed by atoms with van der Waals surface area (Å²) in [6, 6.07) is 0. The van der Waals surface area contributed by atoms with E-state index in [2.05, 4.69) is 0 Å². The van der Waals surface area contributed by atoms with Crippen LogP contribution in [0.15, 0.2) is 0 Å². The van der Waals surface area contributed by atoms with Crippen LogP contribution in [0.5, 0.6) is 0 Å². The van der Waals surface area contributed by atoms with E-state index in [0.717, 1.165) is 28.9 Å². The van der Waals surface area contributed by atoms with Crippen molar-refractivity contribution in [3.8, 4) is 0 Å². The number of hydrogen-bond acceptors (Lipinski definition) is 4.